The lowest BCUT2D eigenvalue weighted by Gasteiger charge is -2.10. The van der Waals surface area contributed by atoms with E-state index in [0.29, 0.717) is 46.0 Å². The number of hydrogen-bond acceptors (Lipinski definition) is 9. The number of benzene rings is 2. The van der Waals surface area contributed by atoms with E-state index in [1.54, 1.807) is 12.1 Å². The number of carbonyl (C=O) groups excluding carboxylic acids is 1. The quantitative estimate of drug-likeness (QED) is 0.225. The van der Waals surface area contributed by atoms with Crippen LogP contribution in [-0.4, -0.2) is 42.7 Å². The predicted octanol–water partition coefficient (Wildman–Crippen LogP) is 5.94. The zero-order valence-corrected chi connectivity index (χ0v) is 22.7. The average molecular weight is 593 g/mol. The zero-order chi connectivity index (χ0) is 29.4. The number of nitrogens with zero attached hydrogens (tertiary/aromatic N) is 6. The summed E-state index contributed by atoms with van der Waals surface area (Å²) in [4.78, 5) is 30.2. The molecule has 13 heteroatoms. The Labute approximate surface area is 240 Å². The van der Waals surface area contributed by atoms with Gasteiger partial charge in [-0.05, 0) is 6.07 Å². The van der Waals surface area contributed by atoms with Crippen molar-refractivity contribution in [2.75, 3.05) is 0 Å². The van der Waals surface area contributed by atoms with Crippen LogP contribution < -0.4 is 0 Å². The Morgan fingerprint density at radius 2 is 1.76 bits per heavy atom. The molecule has 0 N–H and O–H groups in total. The molecule has 212 valence electrons. The predicted molar refractivity (Wildman–Crippen MR) is 145 cm³/mol. The van der Waals surface area contributed by atoms with Gasteiger partial charge in [0.15, 0.2) is 10.8 Å². The summed E-state index contributed by atoms with van der Waals surface area (Å²) in [6.07, 6.45) is -1.65. The largest absolute Gasteiger partial charge is 0.443 e. The van der Waals surface area contributed by atoms with Gasteiger partial charge < -0.3 is 4.42 Å². The minimum atomic E-state index is -4.70. The van der Waals surface area contributed by atoms with Crippen molar-refractivity contribution < 1.29 is 26.8 Å². The van der Waals surface area contributed by atoms with E-state index in [-0.39, 0.29) is 46.5 Å². The third-order valence-electron chi connectivity index (χ3n) is 6.62. The van der Waals surface area contributed by atoms with E-state index >= 15 is 0 Å². The maximum absolute atomic E-state index is 14.8. The summed E-state index contributed by atoms with van der Waals surface area (Å²) in [5.41, 5.74) is 2.01. The molecule has 4 heterocycles. The lowest BCUT2D eigenvalue weighted by molar-refractivity contribution is -0.137. The van der Waals surface area contributed by atoms with Crippen LogP contribution >= 0.6 is 11.3 Å². The third kappa shape index (κ3) is 5.34. The van der Waals surface area contributed by atoms with Gasteiger partial charge in [0.25, 0.3) is 5.89 Å². The summed E-state index contributed by atoms with van der Waals surface area (Å²) in [5, 5.41) is 6.84. The normalized spacial score (nSPS) is 15.3. The van der Waals surface area contributed by atoms with Gasteiger partial charge in [-0.3, -0.25) is 9.79 Å². The van der Waals surface area contributed by atoms with Crippen LogP contribution in [-0.2, 0) is 30.2 Å². The molecule has 42 heavy (non-hydrogen) atoms. The molecule has 0 fully saturated rings. The van der Waals surface area contributed by atoms with Gasteiger partial charge in [0, 0.05) is 47.5 Å². The van der Waals surface area contributed by atoms with Crippen molar-refractivity contribution in [3.8, 4) is 22.0 Å². The van der Waals surface area contributed by atoms with Gasteiger partial charge >= 0.3 is 6.18 Å². The highest BCUT2D eigenvalue weighted by Crippen LogP contribution is 2.42. The molecule has 0 saturated heterocycles. The van der Waals surface area contributed by atoms with Crippen molar-refractivity contribution in [2.24, 2.45) is 4.99 Å². The summed E-state index contributed by atoms with van der Waals surface area (Å²) in [5.74, 6) is -0.636. The molecule has 6 rings (SSSR count). The van der Waals surface area contributed by atoms with Crippen molar-refractivity contribution in [1.29, 1.82) is 0 Å². The van der Waals surface area contributed by atoms with Crippen LogP contribution in [0.3, 0.4) is 0 Å². The summed E-state index contributed by atoms with van der Waals surface area (Å²) in [6.45, 7) is 1.86. The average Bonchev–Trinajstić information content (AvgIpc) is 3.61. The van der Waals surface area contributed by atoms with Crippen LogP contribution in [0.15, 0.2) is 70.3 Å². The molecular weight excluding hydrogens is 572 g/mol. The molecule has 1 aliphatic heterocycles. The molecule has 0 amide bonds. The summed E-state index contributed by atoms with van der Waals surface area (Å²) in [7, 11) is 0. The van der Waals surface area contributed by atoms with Crippen LogP contribution in [0.25, 0.3) is 22.0 Å². The van der Waals surface area contributed by atoms with E-state index in [9.17, 15) is 22.4 Å². The van der Waals surface area contributed by atoms with E-state index < -0.39 is 23.0 Å². The topological polar surface area (TPSA) is 107 Å². The number of aromatic nitrogens is 5. The number of ketones is 1. The molecule has 8 nitrogen and oxygen atoms in total. The highest BCUT2D eigenvalue weighted by molar-refractivity contribution is 7.15. The van der Waals surface area contributed by atoms with E-state index in [4.69, 9.17) is 9.41 Å². The summed E-state index contributed by atoms with van der Waals surface area (Å²) in [6, 6.07) is 12.6. The number of fused-ring (bicyclic) bond motifs is 1. The van der Waals surface area contributed by atoms with Gasteiger partial charge in [0.05, 0.1) is 17.0 Å². The lowest BCUT2D eigenvalue weighted by atomic mass is 9.95. The standard InChI is InChI=1S/C29H20F4N6O2S/c1-2-22-34-13-16(14-35-22)26-25(37-28(42-26)29(31,32)33)27-39-38-23(41-27)12-20-21(40)11-18-17(9-6-10-19(18)30)24(36-20)15-7-4-3-5-8-15/h3-10,13-14,20H,2,11-12H2,1H3/t20-/m1/s1. The maximum atomic E-state index is 14.8. The number of alkyl halides is 3. The Bertz CT molecular complexity index is 1800. The fraction of sp³-hybridized carbons (Fsp3) is 0.207. The smallest absolute Gasteiger partial charge is 0.419 e. The van der Waals surface area contributed by atoms with Gasteiger partial charge in [0.2, 0.25) is 5.89 Å². The number of aliphatic imine (C=N–C) groups is 1. The Kier molecular flexibility index (Phi) is 7.19. The van der Waals surface area contributed by atoms with Crippen molar-refractivity contribution in [3.63, 3.8) is 0 Å². The van der Waals surface area contributed by atoms with Crippen LogP contribution in [0.4, 0.5) is 17.6 Å². The molecule has 1 atom stereocenters. The maximum Gasteiger partial charge on any atom is 0.443 e. The molecule has 0 saturated carbocycles. The van der Waals surface area contributed by atoms with Crippen LogP contribution in [0, 0.1) is 5.82 Å². The van der Waals surface area contributed by atoms with Crippen molar-refractivity contribution in [3.05, 3.63) is 100 Å². The van der Waals surface area contributed by atoms with Gasteiger partial charge in [-0.2, -0.15) is 13.2 Å². The first-order valence-electron chi connectivity index (χ1n) is 12.9. The molecule has 1 aliphatic rings. The van der Waals surface area contributed by atoms with E-state index in [1.807, 2.05) is 37.3 Å². The monoisotopic (exact) mass is 592 g/mol. The molecule has 5 aromatic rings. The Morgan fingerprint density at radius 1 is 1.00 bits per heavy atom. The fourth-order valence-electron chi connectivity index (χ4n) is 4.57. The number of halogens is 4. The van der Waals surface area contributed by atoms with Gasteiger partial charge in [-0.25, -0.2) is 19.3 Å². The molecule has 0 unspecified atom stereocenters. The van der Waals surface area contributed by atoms with Gasteiger partial charge in [0.1, 0.15) is 23.4 Å². The number of aryl methyl sites for hydroxylation is 1. The lowest BCUT2D eigenvalue weighted by Crippen LogP contribution is -2.23. The van der Waals surface area contributed by atoms with Gasteiger partial charge in [-0.1, -0.05) is 49.4 Å². The first-order valence-corrected chi connectivity index (χ1v) is 13.7. The summed E-state index contributed by atoms with van der Waals surface area (Å²) >= 11 is 0.413. The van der Waals surface area contributed by atoms with Crippen molar-refractivity contribution in [1.82, 2.24) is 25.1 Å². The van der Waals surface area contributed by atoms with Gasteiger partial charge in [-0.15, -0.1) is 21.5 Å². The Balaban J connectivity index is 1.37. The first-order chi connectivity index (χ1) is 20.2. The molecule has 3 aromatic heterocycles. The molecule has 2 aromatic carbocycles. The number of hydrogen-bond donors (Lipinski definition) is 0. The molecule has 0 spiro atoms. The van der Waals surface area contributed by atoms with Crippen LogP contribution in [0.2, 0.25) is 0 Å². The van der Waals surface area contributed by atoms with E-state index in [2.05, 4.69) is 25.1 Å². The van der Waals surface area contributed by atoms with Crippen LogP contribution in [0.1, 0.15) is 40.3 Å². The second kappa shape index (κ2) is 11.0. The fourth-order valence-corrected chi connectivity index (χ4v) is 5.47. The molecule has 0 aliphatic carbocycles. The van der Waals surface area contributed by atoms with Crippen molar-refractivity contribution in [2.45, 2.75) is 38.4 Å². The minimum Gasteiger partial charge on any atom is -0.419 e. The number of rotatable bonds is 6. The van der Waals surface area contributed by atoms with E-state index in [1.165, 1.54) is 18.5 Å². The number of thiazole rings is 1. The zero-order valence-electron chi connectivity index (χ0n) is 21.9. The van der Waals surface area contributed by atoms with E-state index in [0.717, 1.165) is 0 Å². The third-order valence-corrected chi connectivity index (χ3v) is 7.77. The Morgan fingerprint density at radius 3 is 2.48 bits per heavy atom. The number of carbonyl (C=O) groups is 1. The van der Waals surface area contributed by atoms with Crippen molar-refractivity contribution >= 4 is 22.8 Å². The molecule has 0 radical (unpaired) electrons. The SMILES string of the molecule is CCc1ncc(-c2sc(C(F)(F)F)nc2-c2nnc(C[C@H]3N=C(c4ccccc4)c4cccc(F)c4CC3=O)o2)cn1. The minimum absolute atomic E-state index is 0.0315. The number of Topliss-reactive ketones (excluding diaryl/α,β-unsaturated/α-hetero) is 1. The molecule has 0 bridgehead atoms. The second-order valence-corrected chi connectivity index (χ2v) is 10.4. The Hall–Kier alpha value is -4.65. The first kappa shape index (κ1) is 27.5. The molecular formula is C29H20F4N6O2S. The van der Waals surface area contributed by atoms with Crippen LogP contribution in [0.5, 0.6) is 0 Å². The second-order valence-electron chi connectivity index (χ2n) is 9.41. The summed E-state index contributed by atoms with van der Waals surface area (Å²) < 4.78 is 61.4. The highest BCUT2D eigenvalue weighted by atomic mass is 32.1. The highest BCUT2D eigenvalue weighted by Gasteiger charge is 2.38.